The first-order valence-corrected chi connectivity index (χ1v) is 5.76. The van der Waals surface area contributed by atoms with Gasteiger partial charge in [0.25, 0.3) is 5.69 Å². The Bertz CT molecular complexity index is 430. The summed E-state index contributed by atoms with van der Waals surface area (Å²) >= 11 is 0. The van der Waals surface area contributed by atoms with Gasteiger partial charge in [-0.15, -0.1) is 0 Å². The Morgan fingerprint density at radius 1 is 1.53 bits per heavy atom. The highest BCUT2D eigenvalue weighted by Crippen LogP contribution is 2.38. The summed E-state index contributed by atoms with van der Waals surface area (Å²) in [5.41, 5.74) is 1.68. The van der Waals surface area contributed by atoms with E-state index in [-0.39, 0.29) is 17.2 Å². The van der Waals surface area contributed by atoms with E-state index in [0.29, 0.717) is 18.3 Å². The molecule has 1 aliphatic rings. The maximum atomic E-state index is 11.0. The number of rotatable bonds is 5. The molecule has 0 aromatic heterocycles. The Kier molecular flexibility index (Phi) is 3.28. The molecule has 0 heterocycles. The number of benzene rings is 1. The maximum Gasteiger partial charge on any atom is 0.292 e. The molecule has 0 amide bonds. The summed E-state index contributed by atoms with van der Waals surface area (Å²) in [4.78, 5) is 12.7. The molecule has 1 N–H and O–H groups in total. The topological polar surface area (TPSA) is 66.6 Å². The van der Waals surface area contributed by atoms with Crippen LogP contribution in [0.25, 0.3) is 0 Å². The number of para-hydroxylation sites is 1. The third kappa shape index (κ3) is 2.39. The van der Waals surface area contributed by atoms with Crippen LogP contribution in [-0.4, -0.2) is 29.2 Å². The molecule has 1 aliphatic carbocycles. The quantitative estimate of drug-likeness (QED) is 0.626. The zero-order chi connectivity index (χ0) is 12.4. The van der Waals surface area contributed by atoms with Crippen molar-refractivity contribution >= 4 is 11.4 Å². The number of aliphatic hydroxyl groups is 1. The van der Waals surface area contributed by atoms with Crippen molar-refractivity contribution in [1.29, 1.82) is 0 Å². The average molecular weight is 236 g/mol. The Morgan fingerprint density at radius 3 is 2.76 bits per heavy atom. The van der Waals surface area contributed by atoms with Gasteiger partial charge < -0.3 is 10.0 Å². The van der Waals surface area contributed by atoms with Gasteiger partial charge in [-0.1, -0.05) is 12.1 Å². The molecule has 1 saturated carbocycles. The summed E-state index contributed by atoms with van der Waals surface area (Å²) in [6.07, 6.45) is 2.09. The number of anilines is 1. The van der Waals surface area contributed by atoms with Crippen molar-refractivity contribution in [1.82, 2.24) is 0 Å². The number of aryl methyl sites for hydroxylation is 1. The number of nitro benzene ring substituents is 1. The molecule has 2 rings (SSSR count). The van der Waals surface area contributed by atoms with Crippen molar-refractivity contribution in [3.63, 3.8) is 0 Å². The molecule has 0 aliphatic heterocycles. The predicted molar refractivity (Wildman–Crippen MR) is 65.3 cm³/mol. The molecule has 0 unspecified atom stereocenters. The fraction of sp³-hybridized carbons (Fsp3) is 0.500. The van der Waals surface area contributed by atoms with Crippen LogP contribution < -0.4 is 4.90 Å². The SMILES string of the molecule is Cc1cccc([N+](=O)[O-])c1N(CCO)C1CC1. The van der Waals surface area contributed by atoms with Crippen LogP contribution in [-0.2, 0) is 0 Å². The number of hydrogen-bond acceptors (Lipinski definition) is 4. The van der Waals surface area contributed by atoms with Gasteiger partial charge in [0.15, 0.2) is 0 Å². The van der Waals surface area contributed by atoms with E-state index in [2.05, 4.69) is 0 Å². The molecule has 92 valence electrons. The number of nitro groups is 1. The predicted octanol–water partition coefficient (Wildman–Crippen LogP) is 1.86. The highest BCUT2D eigenvalue weighted by molar-refractivity contribution is 5.68. The molecule has 5 nitrogen and oxygen atoms in total. The van der Waals surface area contributed by atoms with Gasteiger partial charge in [-0.05, 0) is 25.3 Å². The van der Waals surface area contributed by atoms with E-state index in [1.807, 2.05) is 17.9 Å². The van der Waals surface area contributed by atoms with E-state index in [1.54, 1.807) is 6.07 Å². The second-order valence-corrected chi connectivity index (χ2v) is 4.35. The second-order valence-electron chi connectivity index (χ2n) is 4.35. The van der Waals surface area contributed by atoms with Gasteiger partial charge in [0.05, 0.1) is 11.5 Å². The molecule has 0 bridgehead atoms. The first-order valence-electron chi connectivity index (χ1n) is 5.76. The zero-order valence-electron chi connectivity index (χ0n) is 9.80. The van der Waals surface area contributed by atoms with Crippen LogP contribution in [0.3, 0.4) is 0 Å². The number of nitrogens with zero attached hydrogens (tertiary/aromatic N) is 2. The largest absolute Gasteiger partial charge is 0.395 e. The Morgan fingerprint density at radius 2 is 2.24 bits per heavy atom. The average Bonchev–Trinajstić information content (AvgIpc) is 3.10. The zero-order valence-corrected chi connectivity index (χ0v) is 9.80. The Balaban J connectivity index is 2.43. The van der Waals surface area contributed by atoms with Gasteiger partial charge in [0.1, 0.15) is 5.69 Å². The summed E-state index contributed by atoms with van der Waals surface area (Å²) in [6.45, 7) is 2.34. The highest BCUT2D eigenvalue weighted by Gasteiger charge is 2.33. The summed E-state index contributed by atoms with van der Waals surface area (Å²) in [5.74, 6) is 0. The molecule has 1 fully saturated rings. The van der Waals surface area contributed by atoms with Crippen LogP contribution in [0.2, 0.25) is 0 Å². The van der Waals surface area contributed by atoms with Crippen molar-refractivity contribution in [3.05, 3.63) is 33.9 Å². The number of aliphatic hydroxyl groups excluding tert-OH is 1. The lowest BCUT2D eigenvalue weighted by Crippen LogP contribution is -2.30. The van der Waals surface area contributed by atoms with Gasteiger partial charge in [-0.3, -0.25) is 10.1 Å². The van der Waals surface area contributed by atoms with Crippen LogP contribution in [0, 0.1) is 17.0 Å². The van der Waals surface area contributed by atoms with Gasteiger partial charge in [0, 0.05) is 18.7 Å². The minimum absolute atomic E-state index is 0.0159. The third-order valence-electron chi connectivity index (χ3n) is 3.03. The molecule has 0 saturated heterocycles. The van der Waals surface area contributed by atoms with E-state index in [4.69, 9.17) is 5.11 Å². The third-order valence-corrected chi connectivity index (χ3v) is 3.03. The van der Waals surface area contributed by atoms with Crippen molar-refractivity contribution < 1.29 is 10.0 Å². The van der Waals surface area contributed by atoms with E-state index >= 15 is 0 Å². The lowest BCUT2D eigenvalue weighted by molar-refractivity contribution is -0.384. The summed E-state index contributed by atoms with van der Waals surface area (Å²) in [7, 11) is 0. The van der Waals surface area contributed by atoms with Crippen LogP contribution in [0.4, 0.5) is 11.4 Å². The lowest BCUT2D eigenvalue weighted by Gasteiger charge is -2.25. The van der Waals surface area contributed by atoms with Crippen LogP contribution in [0.5, 0.6) is 0 Å². The monoisotopic (exact) mass is 236 g/mol. The van der Waals surface area contributed by atoms with E-state index in [1.165, 1.54) is 6.07 Å². The molecule has 1 aromatic rings. The summed E-state index contributed by atoms with van der Waals surface area (Å²) in [5, 5.41) is 20.1. The summed E-state index contributed by atoms with van der Waals surface area (Å²) in [6, 6.07) is 5.44. The highest BCUT2D eigenvalue weighted by atomic mass is 16.6. The van der Waals surface area contributed by atoms with Crippen molar-refractivity contribution in [2.75, 3.05) is 18.1 Å². The molecule has 5 heteroatoms. The van der Waals surface area contributed by atoms with Gasteiger partial charge in [-0.25, -0.2) is 0 Å². The Labute approximate surface area is 99.8 Å². The van der Waals surface area contributed by atoms with Gasteiger partial charge in [-0.2, -0.15) is 0 Å². The van der Waals surface area contributed by atoms with Crippen molar-refractivity contribution in [2.45, 2.75) is 25.8 Å². The van der Waals surface area contributed by atoms with Crippen molar-refractivity contribution in [3.8, 4) is 0 Å². The normalized spacial score (nSPS) is 14.7. The fourth-order valence-electron chi connectivity index (χ4n) is 2.14. The molecule has 0 atom stereocenters. The van der Waals surface area contributed by atoms with Crippen LogP contribution >= 0.6 is 0 Å². The minimum Gasteiger partial charge on any atom is -0.395 e. The molecular formula is C12H16N2O3. The summed E-state index contributed by atoms with van der Waals surface area (Å²) < 4.78 is 0. The second kappa shape index (κ2) is 4.71. The minimum atomic E-state index is -0.352. The first-order chi connectivity index (χ1) is 8.15. The van der Waals surface area contributed by atoms with Gasteiger partial charge >= 0.3 is 0 Å². The number of hydrogen-bond donors (Lipinski definition) is 1. The first kappa shape index (κ1) is 11.9. The van der Waals surface area contributed by atoms with Crippen LogP contribution in [0.15, 0.2) is 18.2 Å². The molecule has 0 radical (unpaired) electrons. The standard InChI is InChI=1S/C12H16N2O3/c1-9-3-2-4-11(14(16)17)12(9)13(7-8-15)10-5-6-10/h2-4,10,15H,5-8H2,1H3. The van der Waals surface area contributed by atoms with Crippen LogP contribution in [0.1, 0.15) is 18.4 Å². The van der Waals surface area contributed by atoms with Crippen molar-refractivity contribution in [2.24, 2.45) is 0 Å². The molecule has 17 heavy (non-hydrogen) atoms. The Hall–Kier alpha value is -1.62. The van der Waals surface area contributed by atoms with Gasteiger partial charge in [0.2, 0.25) is 0 Å². The van der Waals surface area contributed by atoms with E-state index < -0.39 is 0 Å². The fourth-order valence-corrected chi connectivity index (χ4v) is 2.14. The van der Waals surface area contributed by atoms with E-state index in [0.717, 1.165) is 18.4 Å². The smallest absolute Gasteiger partial charge is 0.292 e. The molecule has 1 aromatic carbocycles. The lowest BCUT2D eigenvalue weighted by atomic mass is 10.1. The van der Waals surface area contributed by atoms with E-state index in [9.17, 15) is 10.1 Å². The molecular weight excluding hydrogens is 220 g/mol. The molecule has 0 spiro atoms. The maximum absolute atomic E-state index is 11.0.